The van der Waals surface area contributed by atoms with Gasteiger partial charge in [0.05, 0.1) is 19.3 Å². The molecule has 1 aliphatic rings. The summed E-state index contributed by atoms with van der Waals surface area (Å²) in [5.41, 5.74) is 0.814. The zero-order chi connectivity index (χ0) is 15.2. The van der Waals surface area contributed by atoms with Crippen molar-refractivity contribution < 1.29 is 13.9 Å². The minimum atomic E-state index is -0.373. The van der Waals surface area contributed by atoms with Gasteiger partial charge < -0.3 is 20.1 Å². The normalized spacial score (nSPS) is 19.1. The Morgan fingerprint density at radius 1 is 1.57 bits per heavy atom. The fourth-order valence-corrected chi connectivity index (χ4v) is 2.55. The molecule has 6 heteroatoms. The van der Waals surface area contributed by atoms with Gasteiger partial charge in [0.1, 0.15) is 0 Å². The Balaban J connectivity index is 1.83. The Morgan fingerprint density at radius 2 is 2.38 bits per heavy atom. The van der Waals surface area contributed by atoms with Crippen LogP contribution in [0.1, 0.15) is 31.4 Å². The van der Waals surface area contributed by atoms with E-state index >= 15 is 0 Å². The molecule has 0 aliphatic carbocycles. The second-order valence-electron chi connectivity index (χ2n) is 5.11. The number of ether oxygens (including phenoxy) is 2. The maximum Gasteiger partial charge on any atom is 0.166 e. The SMILES string of the molecule is COc1ccc([C@@H](C)NC(=S)NC[C@H]2CCCO2)cc1F. The minimum Gasteiger partial charge on any atom is -0.494 e. The van der Waals surface area contributed by atoms with Crippen LogP contribution in [-0.2, 0) is 4.74 Å². The summed E-state index contributed by atoms with van der Waals surface area (Å²) in [6.07, 6.45) is 2.40. The highest BCUT2D eigenvalue weighted by molar-refractivity contribution is 7.80. The summed E-state index contributed by atoms with van der Waals surface area (Å²) in [4.78, 5) is 0. The Kier molecular flexibility index (Phi) is 5.76. The quantitative estimate of drug-likeness (QED) is 0.818. The predicted octanol–water partition coefficient (Wildman–Crippen LogP) is 2.54. The van der Waals surface area contributed by atoms with Crippen molar-refractivity contribution in [2.75, 3.05) is 20.3 Å². The van der Waals surface area contributed by atoms with Crippen LogP contribution in [0.25, 0.3) is 0 Å². The lowest BCUT2D eigenvalue weighted by Crippen LogP contribution is -2.40. The third-order valence-corrected chi connectivity index (χ3v) is 3.80. The van der Waals surface area contributed by atoms with Crippen molar-refractivity contribution in [3.05, 3.63) is 29.6 Å². The number of benzene rings is 1. The minimum absolute atomic E-state index is 0.0881. The van der Waals surface area contributed by atoms with Gasteiger partial charge in [-0.2, -0.15) is 0 Å². The molecule has 0 bridgehead atoms. The molecular formula is C15H21FN2O2S. The van der Waals surface area contributed by atoms with E-state index in [-0.39, 0.29) is 23.7 Å². The zero-order valence-corrected chi connectivity index (χ0v) is 13.1. The van der Waals surface area contributed by atoms with Crippen LogP contribution in [0.4, 0.5) is 4.39 Å². The third-order valence-electron chi connectivity index (χ3n) is 3.54. The van der Waals surface area contributed by atoms with E-state index in [9.17, 15) is 4.39 Å². The van der Waals surface area contributed by atoms with Gasteiger partial charge in [-0.25, -0.2) is 4.39 Å². The van der Waals surface area contributed by atoms with Crippen LogP contribution in [0.15, 0.2) is 18.2 Å². The van der Waals surface area contributed by atoms with Gasteiger partial charge in [-0.15, -0.1) is 0 Å². The van der Waals surface area contributed by atoms with E-state index in [2.05, 4.69) is 10.6 Å². The summed E-state index contributed by atoms with van der Waals surface area (Å²) in [6, 6.07) is 4.81. The Labute approximate surface area is 130 Å². The van der Waals surface area contributed by atoms with E-state index in [0.717, 1.165) is 25.0 Å². The predicted molar refractivity (Wildman–Crippen MR) is 84.1 cm³/mol. The molecule has 0 spiro atoms. The Bertz CT molecular complexity index is 493. The van der Waals surface area contributed by atoms with Crippen LogP contribution in [0, 0.1) is 5.82 Å². The number of methoxy groups -OCH3 is 1. The fourth-order valence-electron chi connectivity index (χ4n) is 2.29. The van der Waals surface area contributed by atoms with E-state index in [4.69, 9.17) is 21.7 Å². The van der Waals surface area contributed by atoms with Crippen molar-refractivity contribution in [3.8, 4) is 5.75 Å². The highest BCUT2D eigenvalue weighted by Crippen LogP contribution is 2.21. The van der Waals surface area contributed by atoms with Gasteiger partial charge in [-0.1, -0.05) is 6.07 Å². The molecule has 1 aromatic carbocycles. The summed E-state index contributed by atoms with van der Waals surface area (Å²) < 4.78 is 24.1. The number of rotatable bonds is 5. The molecule has 2 rings (SSSR count). The maximum atomic E-state index is 13.7. The molecule has 0 saturated carbocycles. The first-order valence-electron chi connectivity index (χ1n) is 7.09. The van der Waals surface area contributed by atoms with Gasteiger partial charge in [-0.05, 0) is 49.7 Å². The summed E-state index contributed by atoms with van der Waals surface area (Å²) >= 11 is 5.25. The molecule has 1 saturated heterocycles. The highest BCUT2D eigenvalue weighted by atomic mass is 32.1. The number of thiocarbonyl (C=S) groups is 1. The lowest BCUT2D eigenvalue weighted by Gasteiger charge is -2.19. The van der Waals surface area contributed by atoms with Crippen molar-refractivity contribution in [2.45, 2.75) is 31.9 Å². The van der Waals surface area contributed by atoms with Crippen molar-refractivity contribution in [3.63, 3.8) is 0 Å². The van der Waals surface area contributed by atoms with Gasteiger partial charge in [0.25, 0.3) is 0 Å². The zero-order valence-electron chi connectivity index (χ0n) is 12.3. The van der Waals surface area contributed by atoms with Gasteiger partial charge in [-0.3, -0.25) is 0 Å². The number of halogens is 1. The number of hydrogen-bond donors (Lipinski definition) is 2. The van der Waals surface area contributed by atoms with Crippen molar-refractivity contribution in [1.29, 1.82) is 0 Å². The average molecular weight is 312 g/mol. The van der Waals surface area contributed by atoms with Gasteiger partial charge in [0.15, 0.2) is 16.7 Å². The molecule has 0 aromatic heterocycles. The van der Waals surface area contributed by atoms with Gasteiger partial charge in [0, 0.05) is 13.2 Å². The molecule has 21 heavy (non-hydrogen) atoms. The molecule has 116 valence electrons. The summed E-state index contributed by atoms with van der Waals surface area (Å²) in [5, 5.41) is 6.83. The molecule has 1 aliphatic heterocycles. The molecule has 1 fully saturated rings. The molecule has 2 atom stereocenters. The van der Waals surface area contributed by atoms with E-state index in [1.165, 1.54) is 13.2 Å². The Hall–Kier alpha value is -1.40. The largest absolute Gasteiger partial charge is 0.494 e. The summed E-state index contributed by atoms with van der Waals surface area (Å²) in [6.45, 7) is 3.46. The second-order valence-corrected chi connectivity index (χ2v) is 5.51. The van der Waals surface area contributed by atoms with Crippen LogP contribution in [0.5, 0.6) is 5.75 Å². The number of nitrogens with one attached hydrogen (secondary N) is 2. The second kappa shape index (κ2) is 7.56. The van der Waals surface area contributed by atoms with E-state index in [1.807, 2.05) is 13.0 Å². The lowest BCUT2D eigenvalue weighted by atomic mass is 10.1. The standard InChI is InChI=1S/C15H21FN2O2S/c1-10(11-5-6-14(19-2)13(16)8-11)18-15(21)17-9-12-4-3-7-20-12/h5-6,8,10,12H,3-4,7,9H2,1-2H3,(H2,17,18,21)/t10-,12-/m1/s1. The van der Waals surface area contributed by atoms with Crippen LogP contribution in [-0.4, -0.2) is 31.5 Å². The molecule has 1 aromatic rings. The van der Waals surface area contributed by atoms with Crippen molar-refractivity contribution >= 4 is 17.3 Å². The van der Waals surface area contributed by atoms with Crippen LogP contribution >= 0.6 is 12.2 Å². The molecule has 0 amide bonds. The first-order chi connectivity index (χ1) is 10.1. The van der Waals surface area contributed by atoms with Crippen LogP contribution in [0.2, 0.25) is 0 Å². The van der Waals surface area contributed by atoms with E-state index in [0.29, 0.717) is 11.7 Å². The van der Waals surface area contributed by atoms with Crippen LogP contribution < -0.4 is 15.4 Å². The van der Waals surface area contributed by atoms with E-state index < -0.39 is 0 Å². The highest BCUT2D eigenvalue weighted by Gasteiger charge is 2.16. The van der Waals surface area contributed by atoms with Crippen molar-refractivity contribution in [2.24, 2.45) is 0 Å². The van der Waals surface area contributed by atoms with Gasteiger partial charge in [0.2, 0.25) is 0 Å². The molecule has 2 N–H and O–H groups in total. The Morgan fingerprint density at radius 3 is 3.00 bits per heavy atom. The topological polar surface area (TPSA) is 42.5 Å². The molecule has 0 unspecified atom stereocenters. The first-order valence-corrected chi connectivity index (χ1v) is 7.50. The molecule has 0 radical (unpaired) electrons. The number of hydrogen-bond acceptors (Lipinski definition) is 3. The fraction of sp³-hybridized carbons (Fsp3) is 0.533. The summed E-state index contributed by atoms with van der Waals surface area (Å²) in [5.74, 6) is -0.132. The third kappa shape index (κ3) is 4.54. The maximum absolute atomic E-state index is 13.7. The van der Waals surface area contributed by atoms with Crippen LogP contribution in [0.3, 0.4) is 0 Å². The van der Waals surface area contributed by atoms with Crippen molar-refractivity contribution in [1.82, 2.24) is 10.6 Å². The smallest absolute Gasteiger partial charge is 0.166 e. The molecule has 4 nitrogen and oxygen atoms in total. The lowest BCUT2D eigenvalue weighted by molar-refractivity contribution is 0.114. The average Bonchev–Trinajstić information content (AvgIpc) is 2.98. The monoisotopic (exact) mass is 312 g/mol. The first kappa shape index (κ1) is 16.0. The molecular weight excluding hydrogens is 291 g/mol. The van der Waals surface area contributed by atoms with E-state index in [1.54, 1.807) is 6.07 Å². The van der Waals surface area contributed by atoms with Gasteiger partial charge >= 0.3 is 0 Å². The summed E-state index contributed by atoms with van der Waals surface area (Å²) in [7, 11) is 1.45. The molecule has 1 heterocycles.